The first-order valence-corrected chi connectivity index (χ1v) is 10.8. The van der Waals surface area contributed by atoms with Gasteiger partial charge in [0, 0.05) is 50.2 Å². The van der Waals surface area contributed by atoms with Crippen molar-refractivity contribution in [1.82, 2.24) is 23.6 Å². The molecule has 3 heterocycles. The second-order valence-electron chi connectivity index (χ2n) is 7.39. The molecule has 1 fully saturated rings. The van der Waals surface area contributed by atoms with Crippen LogP contribution in [0.3, 0.4) is 0 Å². The maximum atomic E-state index is 12.9. The fraction of sp³-hybridized carbons (Fsp3) is 0.667. The average Bonchev–Trinajstić information content (AvgIpc) is 3.22. The van der Waals surface area contributed by atoms with Gasteiger partial charge in [-0.1, -0.05) is 0 Å². The minimum Gasteiger partial charge on any atom is -0.330 e. The number of piperidine rings is 1. The summed E-state index contributed by atoms with van der Waals surface area (Å²) in [6.45, 7) is 10.1. The minimum absolute atomic E-state index is 0.291. The number of hydrogen-bond acceptors (Lipinski definition) is 4. The molecule has 26 heavy (non-hydrogen) atoms. The van der Waals surface area contributed by atoms with Crippen LogP contribution in [0.1, 0.15) is 51.2 Å². The summed E-state index contributed by atoms with van der Waals surface area (Å²) in [5.74, 6) is 1.35. The lowest BCUT2D eigenvalue weighted by Gasteiger charge is -2.31. The maximum absolute atomic E-state index is 12.9. The van der Waals surface area contributed by atoms with Crippen molar-refractivity contribution in [2.75, 3.05) is 13.1 Å². The predicted octanol–water partition coefficient (Wildman–Crippen LogP) is 2.63. The molecule has 1 atom stereocenters. The molecule has 0 N–H and O–H groups in total. The van der Waals surface area contributed by atoms with Crippen molar-refractivity contribution in [3.05, 3.63) is 30.1 Å². The topological polar surface area (TPSA) is 73.0 Å². The molecule has 0 radical (unpaired) electrons. The number of aryl methyl sites for hydroxylation is 2. The smallest absolute Gasteiger partial charge is 0.246 e. The van der Waals surface area contributed by atoms with Gasteiger partial charge in [0.1, 0.15) is 10.7 Å². The molecule has 0 spiro atoms. The molecule has 1 aliphatic rings. The zero-order valence-electron chi connectivity index (χ0n) is 16.1. The lowest BCUT2D eigenvalue weighted by Crippen LogP contribution is -2.40. The highest BCUT2D eigenvalue weighted by Crippen LogP contribution is 2.26. The molecule has 2 aromatic heterocycles. The van der Waals surface area contributed by atoms with Crippen molar-refractivity contribution in [1.29, 1.82) is 0 Å². The van der Waals surface area contributed by atoms with Crippen molar-refractivity contribution in [2.24, 2.45) is 5.92 Å². The van der Waals surface area contributed by atoms with Gasteiger partial charge >= 0.3 is 0 Å². The second kappa shape index (κ2) is 7.52. The highest BCUT2D eigenvalue weighted by atomic mass is 32.2. The van der Waals surface area contributed by atoms with E-state index in [9.17, 15) is 8.42 Å². The van der Waals surface area contributed by atoms with Gasteiger partial charge in [-0.05, 0) is 46.5 Å². The molecule has 0 saturated carbocycles. The van der Waals surface area contributed by atoms with Gasteiger partial charge in [-0.25, -0.2) is 13.4 Å². The summed E-state index contributed by atoms with van der Waals surface area (Å²) in [6, 6.07) is 0.357. The Balaban J connectivity index is 1.75. The highest BCUT2D eigenvalue weighted by Gasteiger charge is 2.32. The summed E-state index contributed by atoms with van der Waals surface area (Å²) >= 11 is 0. The Morgan fingerprint density at radius 2 is 2.08 bits per heavy atom. The largest absolute Gasteiger partial charge is 0.330 e. The van der Waals surface area contributed by atoms with Crippen LogP contribution in [0.4, 0.5) is 0 Å². The molecule has 3 rings (SSSR count). The van der Waals surface area contributed by atoms with Gasteiger partial charge in [-0.2, -0.15) is 9.40 Å². The molecule has 0 aromatic carbocycles. The van der Waals surface area contributed by atoms with Crippen molar-refractivity contribution in [3.63, 3.8) is 0 Å². The van der Waals surface area contributed by atoms with Crippen LogP contribution in [0.25, 0.3) is 0 Å². The Hall–Kier alpha value is -1.67. The van der Waals surface area contributed by atoms with Crippen molar-refractivity contribution in [2.45, 2.75) is 64.4 Å². The van der Waals surface area contributed by atoms with Crippen LogP contribution >= 0.6 is 0 Å². The number of aromatic nitrogens is 4. The van der Waals surface area contributed by atoms with E-state index in [1.54, 1.807) is 15.2 Å². The molecule has 1 aliphatic heterocycles. The maximum Gasteiger partial charge on any atom is 0.246 e. The summed E-state index contributed by atoms with van der Waals surface area (Å²) in [7, 11) is -3.47. The van der Waals surface area contributed by atoms with E-state index in [2.05, 4.69) is 35.4 Å². The normalized spacial score (nSPS) is 19.3. The summed E-state index contributed by atoms with van der Waals surface area (Å²) in [5, 5.41) is 4.11. The lowest BCUT2D eigenvalue weighted by molar-refractivity contribution is 0.260. The fourth-order valence-corrected chi connectivity index (χ4v) is 5.33. The van der Waals surface area contributed by atoms with E-state index in [1.165, 1.54) is 6.20 Å². The van der Waals surface area contributed by atoms with Gasteiger partial charge in [0.25, 0.3) is 0 Å². The van der Waals surface area contributed by atoms with Crippen LogP contribution in [-0.2, 0) is 23.0 Å². The third-order valence-electron chi connectivity index (χ3n) is 5.10. The zero-order valence-corrected chi connectivity index (χ0v) is 16.9. The van der Waals surface area contributed by atoms with E-state index in [0.717, 1.165) is 30.8 Å². The molecule has 7 nitrogen and oxygen atoms in total. The van der Waals surface area contributed by atoms with Gasteiger partial charge < -0.3 is 4.57 Å². The standard InChI is InChI=1S/C18H29N5O2S/c1-5-21-13-17(11-20-21)26(24,25)22-8-6-7-16(12-22)9-18-19-10-15(4)23(18)14(2)3/h10-11,13-14,16H,5-9,12H2,1-4H3. The number of hydrogen-bond donors (Lipinski definition) is 0. The van der Waals surface area contributed by atoms with Gasteiger partial charge in [0.2, 0.25) is 10.0 Å². The van der Waals surface area contributed by atoms with Crippen LogP contribution in [0.15, 0.2) is 23.5 Å². The number of nitrogens with zero attached hydrogens (tertiary/aromatic N) is 5. The molecule has 0 amide bonds. The minimum atomic E-state index is -3.47. The fourth-order valence-electron chi connectivity index (χ4n) is 3.82. The van der Waals surface area contributed by atoms with E-state index in [1.807, 2.05) is 13.1 Å². The molecule has 1 saturated heterocycles. The van der Waals surface area contributed by atoms with Crippen LogP contribution in [0.2, 0.25) is 0 Å². The van der Waals surface area contributed by atoms with Crippen LogP contribution in [0.5, 0.6) is 0 Å². The van der Waals surface area contributed by atoms with Crippen molar-refractivity contribution in [3.8, 4) is 0 Å². The van der Waals surface area contributed by atoms with Gasteiger partial charge in [0.15, 0.2) is 0 Å². The summed E-state index contributed by atoms with van der Waals surface area (Å²) < 4.78 is 31.4. The SMILES string of the molecule is CCn1cc(S(=O)(=O)N2CCCC(Cc3ncc(C)n3C(C)C)C2)cn1. The van der Waals surface area contributed by atoms with Crippen LogP contribution in [0, 0.1) is 12.8 Å². The van der Waals surface area contributed by atoms with E-state index in [0.29, 0.717) is 36.5 Å². The van der Waals surface area contributed by atoms with Crippen molar-refractivity contribution >= 4 is 10.0 Å². The predicted molar refractivity (Wildman–Crippen MR) is 100 cm³/mol. The number of rotatable bonds is 6. The molecule has 0 bridgehead atoms. The molecule has 144 valence electrons. The van der Waals surface area contributed by atoms with E-state index < -0.39 is 10.0 Å². The Bertz CT molecular complexity index is 853. The van der Waals surface area contributed by atoms with E-state index >= 15 is 0 Å². The first kappa shape index (κ1) is 19.1. The third kappa shape index (κ3) is 3.71. The Morgan fingerprint density at radius 1 is 1.31 bits per heavy atom. The highest BCUT2D eigenvalue weighted by molar-refractivity contribution is 7.89. The Labute approximate surface area is 156 Å². The molecule has 0 aliphatic carbocycles. The van der Waals surface area contributed by atoms with E-state index in [-0.39, 0.29) is 0 Å². The zero-order chi connectivity index (χ0) is 18.9. The summed E-state index contributed by atoms with van der Waals surface area (Å²) in [4.78, 5) is 4.86. The third-order valence-corrected chi connectivity index (χ3v) is 6.92. The number of sulfonamides is 1. The first-order valence-electron chi connectivity index (χ1n) is 9.38. The quantitative estimate of drug-likeness (QED) is 0.773. The van der Waals surface area contributed by atoms with Crippen LogP contribution < -0.4 is 0 Å². The summed E-state index contributed by atoms with van der Waals surface area (Å²) in [5.41, 5.74) is 1.15. The van der Waals surface area contributed by atoms with Gasteiger partial charge in [-0.3, -0.25) is 4.68 Å². The Morgan fingerprint density at radius 3 is 2.73 bits per heavy atom. The van der Waals surface area contributed by atoms with Crippen molar-refractivity contribution < 1.29 is 8.42 Å². The summed E-state index contributed by atoms with van der Waals surface area (Å²) in [6.07, 6.45) is 7.71. The molecule has 2 aromatic rings. The molecular formula is C18H29N5O2S. The first-order chi connectivity index (χ1) is 12.3. The van der Waals surface area contributed by atoms with Gasteiger partial charge in [0.05, 0.1) is 6.20 Å². The average molecular weight is 380 g/mol. The van der Waals surface area contributed by atoms with Gasteiger partial charge in [-0.15, -0.1) is 0 Å². The van der Waals surface area contributed by atoms with E-state index in [4.69, 9.17) is 0 Å². The molecule has 1 unspecified atom stereocenters. The monoisotopic (exact) mass is 379 g/mol. The molecular weight excluding hydrogens is 350 g/mol. The Kier molecular flexibility index (Phi) is 5.53. The number of imidazole rings is 1. The van der Waals surface area contributed by atoms with Crippen LogP contribution in [-0.4, -0.2) is 45.1 Å². The molecule has 8 heteroatoms. The lowest BCUT2D eigenvalue weighted by atomic mass is 9.96. The second-order valence-corrected chi connectivity index (χ2v) is 9.32.